The minimum atomic E-state index is -1.22. The topological polar surface area (TPSA) is 105 Å². The third-order valence-electron chi connectivity index (χ3n) is 4.83. The summed E-state index contributed by atoms with van der Waals surface area (Å²) in [5, 5.41) is 12.1. The summed E-state index contributed by atoms with van der Waals surface area (Å²) in [5.41, 5.74) is -1.76. The Morgan fingerprint density at radius 3 is 2.15 bits per heavy atom. The normalized spacial score (nSPS) is 21.0. The van der Waals surface area contributed by atoms with Crippen molar-refractivity contribution in [1.29, 1.82) is 0 Å². The third-order valence-corrected chi connectivity index (χ3v) is 4.83. The molecule has 2 amide bonds. The molecule has 8 heteroatoms. The number of ether oxygens (including phenoxy) is 2. The molecule has 0 aromatic carbocycles. The maximum absolute atomic E-state index is 12.2. The molecule has 1 aliphatic carbocycles. The van der Waals surface area contributed by atoms with Crippen molar-refractivity contribution >= 4 is 18.2 Å². The van der Waals surface area contributed by atoms with E-state index in [1.54, 1.807) is 4.90 Å². The van der Waals surface area contributed by atoms with Crippen LogP contribution in [0.4, 0.5) is 9.59 Å². The van der Waals surface area contributed by atoms with Crippen LogP contribution in [-0.4, -0.2) is 58.5 Å². The van der Waals surface area contributed by atoms with Crippen LogP contribution in [0.3, 0.4) is 0 Å². The van der Waals surface area contributed by atoms with E-state index in [1.807, 2.05) is 20.8 Å². The number of carbonyl (C=O) groups excluding carboxylic acids is 2. The number of rotatable bonds is 3. The maximum atomic E-state index is 12.2. The molecule has 0 unspecified atom stereocenters. The molecule has 1 heterocycles. The van der Waals surface area contributed by atoms with Gasteiger partial charge in [0.05, 0.1) is 0 Å². The van der Waals surface area contributed by atoms with E-state index in [1.165, 1.54) is 0 Å². The summed E-state index contributed by atoms with van der Waals surface area (Å²) in [7, 11) is 0. The summed E-state index contributed by atoms with van der Waals surface area (Å²) in [4.78, 5) is 37.4. The molecule has 1 saturated carbocycles. The summed E-state index contributed by atoms with van der Waals surface area (Å²) in [6.45, 7) is 6.33. The second-order valence-corrected chi connectivity index (χ2v) is 8.14. The Hall–Kier alpha value is -1.99. The van der Waals surface area contributed by atoms with Crippen molar-refractivity contribution in [2.75, 3.05) is 13.1 Å². The Balaban J connectivity index is 1.80. The van der Waals surface area contributed by atoms with Crippen molar-refractivity contribution in [3.05, 3.63) is 0 Å². The molecule has 0 atom stereocenters. The molecule has 0 radical (unpaired) electrons. The van der Waals surface area contributed by atoms with Crippen molar-refractivity contribution in [2.45, 2.75) is 83.0 Å². The Kier molecular flexibility index (Phi) is 6.36. The first kappa shape index (κ1) is 20.3. The molecule has 2 aliphatic rings. The summed E-state index contributed by atoms with van der Waals surface area (Å²) < 4.78 is 10.7. The quantitative estimate of drug-likeness (QED) is 0.791. The first-order chi connectivity index (χ1) is 12.1. The first-order valence-corrected chi connectivity index (χ1v) is 9.31. The van der Waals surface area contributed by atoms with Gasteiger partial charge in [0.2, 0.25) is 0 Å². The lowest BCUT2D eigenvalue weighted by molar-refractivity contribution is -0.146. The average molecular weight is 370 g/mol. The fourth-order valence-electron chi connectivity index (χ4n) is 3.41. The Morgan fingerprint density at radius 1 is 1.08 bits per heavy atom. The molecular formula is C18H30N2O6. The van der Waals surface area contributed by atoms with E-state index in [0.717, 1.165) is 19.3 Å². The largest absolute Gasteiger partial charge is 0.480 e. The highest BCUT2D eigenvalue weighted by Crippen LogP contribution is 2.29. The smallest absolute Gasteiger partial charge is 0.410 e. The number of nitrogens with zero attached hydrogens (tertiary/aromatic N) is 1. The number of alkyl carbamates (subject to hydrolysis) is 1. The summed E-state index contributed by atoms with van der Waals surface area (Å²) in [6, 6.07) is 0. The molecule has 0 aromatic heterocycles. The number of hydrogen-bond acceptors (Lipinski definition) is 5. The van der Waals surface area contributed by atoms with Crippen LogP contribution in [0.5, 0.6) is 0 Å². The summed E-state index contributed by atoms with van der Waals surface area (Å²) in [6.07, 6.45) is 3.01. The molecule has 2 fully saturated rings. The maximum Gasteiger partial charge on any atom is 0.410 e. The van der Waals surface area contributed by atoms with Crippen LogP contribution in [0, 0.1) is 0 Å². The number of nitrogens with one attached hydrogen (secondary N) is 1. The second-order valence-electron chi connectivity index (χ2n) is 8.14. The van der Waals surface area contributed by atoms with Gasteiger partial charge in [0.15, 0.2) is 0 Å². The van der Waals surface area contributed by atoms with Gasteiger partial charge in [0.1, 0.15) is 17.2 Å². The van der Waals surface area contributed by atoms with E-state index < -0.39 is 23.2 Å². The number of carbonyl (C=O) groups is 3. The van der Waals surface area contributed by atoms with Gasteiger partial charge in [-0.15, -0.1) is 0 Å². The molecule has 0 aromatic rings. The lowest BCUT2D eigenvalue weighted by Gasteiger charge is -2.35. The molecule has 26 heavy (non-hydrogen) atoms. The molecule has 0 bridgehead atoms. The number of likely N-dealkylation sites (tertiary alicyclic amines) is 1. The van der Waals surface area contributed by atoms with Gasteiger partial charge in [-0.1, -0.05) is 19.3 Å². The van der Waals surface area contributed by atoms with E-state index in [9.17, 15) is 19.5 Å². The second kappa shape index (κ2) is 8.14. The molecule has 2 rings (SSSR count). The van der Waals surface area contributed by atoms with Gasteiger partial charge in [-0.05, 0) is 33.6 Å². The number of carboxylic acid groups (broad SMARTS) is 1. The van der Waals surface area contributed by atoms with E-state index in [-0.39, 0.29) is 12.2 Å². The zero-order valence-corrected chi connectivity index (χ0v) is 15.9. The Morgan fingerprint density at radius 2 is 1.65 bits per heavy atom. The van der Waals surface area contributed by atoms with Gasteiger partial charge in [0.25, 0.3) is 0 Å². The van der Waals surface area contributed by atoms with Crippen molar-refractivity contribution < 1.29 is 29.0 Å². The van der Waals surface area contributed by atoms with Crippen LogP contribution in [0.15, 0.2) is 0 Å². The molecule has 1 aliphatic heterocycles. The van der Waals surface area contributed by atoms with Crippen LogP contribution in [0.1, 0.15) is 65.7 Å². The Labute approximate surface area is 154 Å². The number of amides is 2. The van der Waals surface area contributed by atoms with Crippen LogP contribution in [-0.2, 0) is 14.3 Å². The molecule has 1 saturated heterocycles. The predicted octanol–water partition coefficient (Wildman–Crippen LogP) is 2.90. The van der Waals surface area contributed by atoms with Crippen molar-refractivity contribution in [3.8, 4) is 0 Å². The molecule has 8 nitrogen and oxygen atoms in total. The average Bonchev–Trinajstić information content (AvgIpc) is 2.54. The highest BCUT2D eigenvalue weighted by atomic mass is 16.6. The van der Waals surface area contributed by atoms with Crippen molar-refractivity contribution in [3.63, 3.8) is 0 Å². The zero-order chi connectivity index (χ0) is 19.4. The summed E-state index contributed by atoms with van der Waals surface area (Å²) >= 11 is 0. The van der Waals surface area contributed by atoms with Crippen LogP contribution >= 0.6 is 0 Å². The number of hydrogen-bond donors (Lipinski definition) is 2. The fourth-order valence-corrected chi connectivity index (χ4v) is 3.41. The number of carboxylic acids is 1. The van der Waals surface area contributed by atoms with Gasteiger partial charge >= 0.3 is 18.2 Å². The predicted molar refractivity (Wildman–Crippen MR) is 93.9 cm³/mol. The van der Waals surface area contributed by atoms with Gasteiger partial charge in [-0.25, -0.2) is 14.4 Å². The lowest BCUT2D eigenvalue weighted by Crippen LogP contribution is -2.56. The number of piperidine rings is 1. The van der Waals surface area contributed by atoms with Gasteiger partial charge in [-0.2, -0.15) is 0 Å². The van der Waals surface area contributed by atoms with Gasteiger partial charge in [-0.3, -0.25) is 0 Å². The standard InChI is InChI=1S/C18H30N2O6/c1-17(2,3)26-16(24)20-11-7-13(8-12-20)25-15(23)19-18(14(21)22)9-5-4-6-10-18/h13H,4-12H2,1-3H3,(H,19,23)(H,21,22). The highest BCUT2D eigenvalue weighted by molar-refractivity contribution is 5.84. The summed E-state index contributed by atoms with van der Waals surface area (Å²) in [5.74, 6) is -1.01. The first-order valence-electron chi connectivity index (χ1n) is 9.31. The third kappa shape index (κ3) is 5.51. The zero-order valence-electron chi connectivity index (χ0n) is 15.9. The highest BCUT2D eigenvalue weighted by Gasteiger charge is 2.42. The van der Waals surface area contributed by atoms with E-state index in [0.29, 0.717) is 38.8 Å². The fraction of sp³-hybridized carbons (Fsp3) is 0.833. The van der Waals surface area contributed by atoms with Crippen molar-refractivity contribution in [2.24, 2.45) is 0 Å². The SMILES string of the molecule is CC(C)(C)OC(=O)N1CCC(OC(=O)NC2(C(=O)O)CCCCC2)CC1. The van der Waals surface area contributed by atoms with Crippen LogP contribution in [0.2, 0.25) is 0 Å². The Bertz CT molecular complexity index is 528. The van der Waals surface area contributed by atoms with Crippen LogP contribution < -0.4 is 5.32 Å². The van der Waals surface area contributed by atoms with E-state index >= 15 is 0 Å². The van der Waals surface area contributed by atoms with Gasteiger partial charge in [0, 0.05) is 25.9 Å². The number of aliphatic carboxylic acids is 1. The molecule has 148 valence electrons. The molecular weight excluding hydrogens is 340 g/mol. The van der Waals surface area contributed by atoms with E-state index in [2.05, 4.69) is 5.32 Å². The minimum Gasteiger partial charge on any atom is -0.480 e. The van der Waals surface area contributed by atoms with Crippen molar-refractivity contribution in [1.82, 2.24) is 10.2 Å². The van der Waals surface area contributed by atoms with Gasteiger partial charge < -0.3 is 24.8 Å². The van der Waals surface area contributed by atoms with Crippen LogP contribution in [0.25, 0.3) is 0 Å². The molecule has 2 N–H and O–H groups in total. The lowest BCUT2D eigenvalue weighted by atomic mass is 9.82. The monoisotopic (exact) mass is 370 g/mol. The molecule has 0 spiro atoms. The minimum absolute atomic E-state index is 0.330. The van der Waals surface area contributed by atoms with E-state index in [4.69, 9.17) is 9.47 Å².